The molecule has 0 amide bonds. The van der Waals surface area contributed by atoms with Crippen LogP contribution >= 0.6 is 15.6 Å². The lowest BCUT2D eigenvalue weighted by Gasteiger charge is -2.21. The van der Waals surface area contributed by atoms with Crippen molar-refractivity contribution < 1.29 is 80.2 Å². The first kappa shape index (κ1) is 94.9. The summed E-state index contributed by atoms with van der Waals surface area (Å²) >= 11 is 0. The highest BCUT2D eigenvalue weighted by molar-refractivity contribution is 7.47. The molecule has 0 rings (SSSR count). The molecule has 17 nitrogen and oxygen atoms in total. The fraction of sp³-hybridized carbons (Fsp3) is 0.654. The van der Waals surface area contributed by atoms with E-state index in [0.717, 1.165) is 205 Å². The average Bonchev–Trinajstić information content (AvgIpc) is 0.988. The van der Waals surface area contributed by atoms with E-state index >= 15 is 0 Å². The van der Waals surface area contributed by atoms with E-state index in [9.17, 15) is 43.2 Å². The molecule has 5 atom stereocenters. The van der Waals surface area contributed by atoms with Crippen molar-refractivity contribution in [2.45, 2.75) is 303 Å². The van der Waals surface area contributed by atoms with Gasteiger partial charge in [-0.05, 0) is 154 Å². The summed E-state index contributed by atoms with van der Waals surface area (Å²) in [7, 11) is -9.98. The van der Waals surface area contributed by atoms with Crippen molar-refractivity contribution >= 4 is 39.5 Å². The summed E-state index contributed by atoms with van der Waals surface area (Å²) in [5, 5.41) is 10.6. The van der Waals surface area contributed by atoms with Crippen LogP contribution in [0.3, 0.4) is 0 Å². The van der Waals surface area contributed by atoms with Crippen LogP contribution in [-0.2, 0) is 65.4 Å². The van der Waals surface area contributed by atoms with Gasteiger partial charge in [0.15, 0.2) is 12.2 Å². The fourth-order valence-electron chi connectivity index (χ4n) is 9.57. The molecule has 0 aromatic heterocycles. The molecule has 0 saturated carbocycles. The van der Waals surface area contributed by atoms with Gasteiger partial charge in [-0.25, -0.2) is 9.13 Å². The van der Waals surface area contributed by atoms with E-state index in [1.807, 2.05) is 0 Å². The van der Waals surface area contributed by atoms with Gasteiger partial charge in [0.25, 0.3) is 0 Å². The zero-order valence-electron chi connectivity index (χ0n) is 62.1. The van der Waals surface area contributed by atoms with Crippen LogP contribution in [0.4, 0.5) is 0 Å². The highest BCUT2D eigenvalue weighted by Gasteiger charge is 2.30. The standard InChI is InChI=1S/C81H134O17P2/c1-5-9-13-17-21-25-29-33-36-37-40-43-46-50-54-58-62-66-79(84)92-71-76(97-80(85)67-63-59-55-51-47-41-32-28-24-20-16-12-8-4)73-95-99(87,88)93-69-75(82)70-94-100(89,90)96-74-77(98-81(86)68-64-60-56-52-48-44-39-35-31-27-23-19-15-11-7-3)72-91-78(83)65-61-57-53-49-45-42-38-34-30-26-22-18-14-10-6-2/h9-11,13-16,20-23,25-28,32-36,38-39,45,49,75-77,82H,5-8,12,17-19,24,29-31,37,40-44,46-48,50-74H2,1-4H3,(H,87,88)(H,89,90)/b13-9-,14-10-,15-11-,20-16-,25-21-,26-22-,27-23-,32-28-,36-33-,38-34-,39-35-,49-45-. The van der Waals surface area contributed by atoms with E-state index in [2.05, 4.69) is 174 Å². The molecular formula is C81H134O17P2. The second-order valence-electron chi connectivity index (χ2n) is 24.8. The highest BCUT2D eigenvalue weighted by atomic mass is 31.2. The Morgan fingerprint density at radius 3 is 0.820 bits per heavy atom. The van der Waals surface area contributed by atoms with E-state index in [-0.39, 0.29) is 25.7 Å². The van der Waals surface area contributed by atoms with Crippen LogP contribution in [0.5, 0.6) is 0 Å². The minimum Gasteiger partial charge on any atom is -0.462 e. The smallest absolute Gasteiger partial charge is 0.462 e. The number of carbonyl (C=O) groups excluding carboxylic acids is 4. The van der Waals surface area contributed by atoms with Gasteiger partial charge in [0, 0.05) is 25.7 Å². The average molecular weight is 1440 g/mol. The SMILES string of the molecule is CC/C=C\C/C=C\C/C=C\C/C=C\CCCCC(=O)OCC(COP(=O)(O)OCC(O)COP(=O)(O)OCC(COC(=O)CCCCCCCCC/C=C\C/C=C\C/C=C\CC)OC(=O)CCCCCCC/C=C\C/C=C\CCC)OC(=O)CCCCCCC/C=C\C/C=C\C/C=C\CC. The molecule has 0 fully saturated rings. The number of allylic oxidation sites excluding steroid dienone is 24. The molecule has 0 aliphatic heterocycles. The minimum atomic E-state index is -4.99. The number of ether oxygens (including phenoxy) is 4. The van der Waals surface area contributed by atoms with Gasteiger partial charge < -0.3 is 33.8 Å². The third kappa shape index (κ3) is 71.3. The van der Waals surface area contributed by atoms with Crippen molar-refractivity contribution in [3.8, 4) is 0 Å². The molecule has 0 saturated heterocycles. The van der Waals surface area contributed by atoms with Gasteiger partial charge >= 0.3 is 39.5 Å². The number of unbranched alkanes of at least 4 members (excludes halogenated alkanes) is 20. The lowest BCUT2D eigenvalue weighted by atomic mass is 10.1. The molecule has 0 heterocycles. The van der Waals surface area contributed by atoms with Gasteiger partial charge in [-0.15, -0.1) is 0 Å². The molecule has 0 aliphatic rings. The first-order chi connectivity index (χ1) is 48.7. The Labute approximate surface area is 605 Å². The van der Waals surface area contributed by atoms with Crippen molar-refractivity contribution in [1.82, 2.24) is 0 Å². The number of aliphatic hydroxyl groups is 1. The number of phosphoric acid groups is 2. The summed E-state index contributed by atoms with van der Waals surface area (Å²) in [5.41, 5.74) is 0. The van der Waals surface area contributed by atoms with Crippen LogP contribution in [0, 0.1) is 0 Å². The Balaban J connectivity index is 5.41. The van der Waals surface area contributed by atoms with Crippen LogP contribution in [0.15, 0.2) is 146 Å². The zero-order chi connectivity index (χ0) is 73.2. The van der Waals surface area contributed by atoms with Gasteiger partial charge in [-0.2, -0.15) is 0 Å². The normalized spacial score (nSPS) is 14.8. The summed E-state index contributed by atoms with van der Waals surface area (Å²) in [6.45, 7) is 4.36. The van der Waals surface area contributed by atoms with Crippen LogP contribution < -0.4 is 0 Å². The second kappa shape index (κ2) is 72.3. The first-order valence-electron chi connectivity index (χ1n) is 38.1. The highest BCUT2D eigenvalue weighted by Crippen LogP contribution is 2.45. The van der Waals surface area contributed by atoms with Crippen molar-refractivity contribution in [1.29, 1.82) is 0 Å². The van der Waals surface area contributed by atoms with E-state index in [1.54, 1.807) is 0 Å². The van der Waals surface area contributed by atoms with E-state index in [0.29, 0.717) is 25.7 Å². The van der Waals surface area contributed by atoms with Crippen molar-refractivity contribution in [3.05, 3.63) is 146 Å². The quantitative estimate of drug-likeness (QED) is 0.0169. The summed E-state index contributed by atoms with van der Waals surface area (Å²) in [5.74, 6) is -2.27. The molecule has 570 valence electrons. The van der Waals surface area contributed by atoms with Gasteiger partial charge in [0.2, 0.25) is 0 Å². The predicted octanol–water partition coefficient (Wildman–Crippen LogP) is 21.9. The molecule has 5 unspecified atom stereocenters. The van der Waals surface area contributed by atoms with Crippen molar-refractivity contribution in [2.75, 3.05) is 39.6 Å². The number of carbonyl (C=O) groups is 4. The van der Waals surface area contributed by atoms with Gasteiger partial charge in [-0.1, -0.05) is 251 Å². The van der Waals surface area contributed by atoms with Crippen molar-refractivity contribution in [3.63, 3.8) is 0 Å². The Hall–Kier alpha value is -5.06. The van der Waals surface area contributed by atoms with Gasteiger partial charge in [-0.3, -0.25) is 37.3 Å². The maximum absolute atomic E-state index is 13.1. The van der Waals surface area contributed by atoms with Crippen LogP contribution in [-0.4, -0.2) is 96.7 Å². The largest absolute Gasteiger partial charge is 0.472 e. The Morgan fingerprint density at radius 2 is 0.520 bits per heavy atom. The molecule has 0 bridgehead atoms. The summed E-state index contributed by atoms with van der Waals surface area (Å²) in [6.07, 6.45) is 81.3. The number of esters is 4. The Morgan fingerprint density at radius 1 is 0.290 bits per heavy atom. The minimum absolute atomic E-state index is 0.0618. The number of rotatable bonds is 70. The molecule has 0 radical (unpaired) electrons. The van der Waals surface area contributed by atoms with E-state index in [4.69, 9.17) is 37.0 Å². The summed E-state index contributed by atoms with van der Waals surface area (Å²) < 4.78 is 68.4. The monoisotopic (exact) mass is 1440 g/mol. The molecule has 0 aromatic carbocycles. The number of hydrogen-bond acceptors (Lipinski definition) is 15. The third-order valence-electron chi connectivity index (χ3n) is 15.3. The number of phosphoric ester groups is 2. The maximum Gasteiger partial charge on any atom is 0.472 e. The Bertz CT molecular complexity index is 2470. The molecule has 100 heavy (non-hydrogen) atoms. The number of hydrogen-bond donors (Lipinski definition) is 3. The van der Waals surface area contributed by atoms with Gasteiger partial charge in [0.05, 0.1) is 26.4 Å². The summed E-state index contributed by atoms with van der Waals surface area (Å²) in [4.78, 5) is 72.9. The van der Waals surface area contributed by atoms with Crippen LogP contribution in [0.1, 0.15) is 285 Å². The zero-order valence-corrected chi connectivity index (χ0v) is 63.9. The van der Waals surface area contributed by atoms with E-state index in [1.165, 1.54) is 0 Å². The molecule has 3 N–H and O–H groups in total. The van der Waals surface area contributed by atoms with Crippen LogP contribution in [0.25, 0.3) is 0 Å². The number of aliphatic hydroxyl groups excluding tert-OH is 1. The lowest BCUT2D eigenvalue weighted by Crippen LogP contribution is -2.30. The molecule has 0 aromatic rings. The van der Waals surface area contributed by atoms with E-state index < -0.39 is 97.5 Å². The summed E-state index contributed by atoms with van der Waals surface area (Å²) in [6, 6.07) is 0. The predicted molar refractivity (Wildman–Crippen MR) is 408 cm³/mol. The topological polar surface area (TPSA) is 237 Å². The first-order valence-corrected chi connectivity index (χ1v) is 41.1. The molecule has 0 spiro atoms. The lowest BCUT2D eigenvalue weighted by molar-refractivity contribution is -0.161. The molecule has 0 aliphatic carbocycles. The Kier molecular flexibility index (Phi) is 68.6. The van der Waals surface area contributed by atoms with Crippen LogP contribution in [0.2, 0.25) is 0 Å². The van der Waals surface area contributed by atoms with Gasteiger partial charge in [0.1, 0.15) is 19.3 Å². The van der Waals surface area contributed by atoms with Crippen molar-refractivity contribution in [2.24, 2.45) is 0 Å². The molecule has 19 heteroatoms. The maximum atomic E-state index is 13.1. The second-order valence-corrected chi connectivity index (χ2v) is 27.7. The molecular weight excluding hydrogens is 1310 g/mol. The fourth-order valence-corrected chi connectivity index (χ4v) is 11.1. The third-order valence-corrected chi connectivity index (χ3v) is 17.2.